The van der Waals surface area contributed by atoms with E-state index in [-0.39, 0.29) is 16.6 Å². The minimum Gasteiger partial charge on any atom is -0.336 e. The molecule has 1 saturated heterocycles. The van der Waals surface area contributed by atoms with Crippen molar-refractivity contribution in [1.29, 1.82) is 0 Å². The van der Waals surface area contributed by atoms with Crippen LogP contribution in [-0.4, -0.2) is 41.8 Å². The smallest absolute Gasteiger partial charge is 0.336 e. The van der Waals surface area contributed by atoms with Gasteiger partial charge in [0.1, 0.15) is 11.3 Å². The van der Waals surface area contributed by atoms with E-state index in [9.17, 15) is 21.6 Å². The number of piperidine rings is 1. The molecule has 0 radical (unpaired) electrons. The molecule has 0 bridgehead atoms. The Morgan fingerprint density at radius 3 is 2.38 bits per heavy atom. The molecule has 1 aliphatic heterocycles. The lowest BCUT2D eigenvalue weighted by molar-refractivity contribution is -0.140. The molecule has 1 fully saturated rings. The molecule has 10 heteroatoms. The lowest BCUT2D eigenvalue weighted by atomic mass is 10.0. The van der Waals surface area contributed by atoms with Crippen LogP contribution >= 0.6 is 0 Å². The van der Waals surface area contributed by atoms with Crippen molar-refractivity contribution < 1.29 is 21.6 Å². The fourth-order valence-corrected chi connectivity index (χ4v) is 4.97. The predicted octanol–water partition coefficient (Wildman–Crippen LogP) is 3.36. The van der Waals surface area contributed by atoms with Gasteiger partial charge >= 0.3 is 6.18 Å². The van der Waals surface area contributed by atoms with Gasteiger partial charge in [0.15, 0.2) is 0 Å². The molecule has 1 aromatic carbocycles. The van der Waals surface area contributed by atoms with E-state index in [1.807, 2.05) is 0 Å². The summed E-state index contributed by atoms with van der Waals surface area (Å²) < 4.78 is 66.1. The van der Waals surface area contributed by atoms with Crippen molar-refractivity contribution in [2.24, 2.45) is 5.73 Å². The van der Waals surface area contributed by atoms with Gasteiger partial charge in [-0.3, -0.25) is 0 Å². The Morgan fingerprint density at radius 2 is 1.76 bits per heavy atom. The molecule has 2 aromatic heterocycles. The van der Waals surface area contributed by atoms with E-state index in [1.165, 1.54) is 22.6 Å². The summed E-state index contributed by atoms with van der Waals surface area (Å²) >= 11 is 0. The molecule has 0 saturated carbocycles. The maximum absolute atomic E-state index is 13.0. The third-order valence-corrected chi connectivity index (χ3v) is 7.05. The van der Waals surface area contributed by atoms with Crippen molar-refractivity contribution >= 4 is 21.1 Å². The summed E-state index contributed by atoms with van der Waals surface area (Å²) in [4.78, 5) is 6.38. The van der Waals surface area contributed by atoms with Crippen molar-refractivity contribution in [3.05, 3.63) is 48.3 Å². The minimum absolute atomic E-state index is 0.0147. The number of pyridine rings is 1. The van der Waals surface area contributed by atoms with Crippen LogP contribution in [-0.2, 0) is 16.2 Å². The van der Waals surface area contributed by atoms with Gasteiger partial charge in [-0.2, -0.15) is 17.5 Å². The Bertz CT molecular complexity index is 1130. The molecule has 3 aromatic rings. The standard InChI is InChI=1S/C19H19F3N4O2S/c20-19(21,22)17-11-16-15(5-8-24-18(16)25-17)12-1-3-14(4-2-12)29(27,28)26-9-6-13(23)7-10-26/h1-5,8,11,13H,6-7,9-10,23H2,(H,24,25). The molecule has 0 aliphatic carbocycles. The van der Waals surface area contributed by atoms with E-state index >= 15 is 0 Å². The topological polar surface area (TPSA) is 92.1 Å². The first-order valence-corrected chi connectivity index (χ1v) is 10.5. The molecule has 0 unspecified atom stereocenters. The largest absolute Gasteiger partial charge is 0.431 e. The summed E-state index contributed by atoms with van der Waals surface area (Å²) in [6, 6.07) is 8.77. The number of aromatic nitrogens is 2. The SMILES string of the molecule is NC1CCN(S(=O)(=O)c2ccc(-c3ccnc4[nH]c(C(F)(F)F)cc34)cc2)CC1. The Morgan fingerprint density at radius 1 is 1.10 bits per heavy atom. The Balaban J connectivity index is 1.67. The van der Waals surface area contributed by atoms with Crippen molar-refractivity contribution in [2.75, 3.05) is 13.1 Å². The number of sulfonamides is 1. The van der Waals surface area contributed by atoms with Gasteiger partial charge in [-0.1, -0.05) is 12.1 Å². The number of alkyl halides is 3. The molecule has 6 nitrogen and oxygen atoms in total. The number of nitrogens with zero attached hydrogens (tertiary/aromatic N) is 2. The van der Waals surface area contributed by atoms with Crippen LogP contribution in [0.4, 0.5) is 13.2 Å². The number of aromatic amines is 1. The fourth-order valence-electron chi connectivity index (χ4n) is 3.50. The maximum Gasteiger partial charge on any atom is 0.431 e. The Hall–Kier alpha value is -2.43. The average Bonchev–Trinajstić information content (AvgIpc) is 3.13. The lowest BCUT2D eigenvalue weighted by Gasteiger charge is -2.29. The lowest BCUT2D eigenvalue weighted by Crippen LogP contribution is -2.42. The number of nitrogens with one attached hydrogen (secondary N) is 1. The van der Waals surface area contributed by atoms with Crippen LogP contribution in [0.3, 0.4) is 0 Å². The van der Waals surface area contributed by atoms with Gasteiger partial charge in [0.2, 0.25) is 10.0 Å². The predicted molar refractivity (Wildman–Crippen MR) is 102 cm³/mol. The van der Waals surface area contributed by atoms with E-state index in [2.05, 4.69) is 9.97 Å². The first kappa shape index (κ1) is 19.9. The van der Waals surface area contributed by atoms with Gasteiger partial charge in [-0.15, -0.1) is 0 Å². The molecule has 3 N–H and O–H groups in total. The van der Waals surface area contributed by atoms with E-state index in [0.717, 1.165) is 6.07 Å². The van der Waals surface area contributed by atoms with E-state index in [0.29, 0.717) is 42.4 Å². The van der Waals surface area contributed by atoms with E-state index in [4.69, 9.17) is 5.73 Å². The maximum atomic E-state index is 13.0. The molecular formula is C19H19F3N4O2S. The molecule has 154 valence electrons. The summed E-state index contributed by atoms with van der Waals surface area (Å²) in [5.41, 5.74) is 6.22. The number of halogens is 3. The Labute approximate surface area is 165 Å². The fraction of sp³-hybridized carbons (Fsp3) is 0.316. The number of fused-ring (bicyclic) bond motifs is 1. The summed E-state index contributed by atoms with van der Waals surface area (Å²) in [5, 5.41) is 0.320. The Kier molecular flexibility index (Phi) is 4.88. The zero-order valence-corrected chi connectivity index (χ0v) is 16.1. The van der Waals surface area contributed by atoms with Crippen LogP contribution in [0, 0.1) is 0 Å². The van der Waals surface area contributed by atoms with Gasteiger partial charge in [-0.25, -0.2) is 13.4 Å². The number of H-pyrrole nitrogens is 1. The van der Waals surface area contributed by atoms with Crippen LogP contribution in [0.25, 0.3) is 22.2 Å². The molecule has 1 aliphatic rings. The zero-order valence-electron chi connectivity index (χ0n) is 15.3. The first-order valence-electron chi connectivity index (χ1n) is 9.07. The van der Waals surface area contributed by atoms with Crippen molar-refractivity contribution in [3.63, 3.8) is 0 Å². The third-order valence-electron chi connectivity index (χ3n) is 5.14. The summed E-state index contributed by atoms with van der Waals surface area (Å²) in [6.07, 6.45) is -1.87. The van der Waals surface area contributed by atoms with Gasteiger partial charge in [0, 0.05) is 30.7 Å². The molecule has 0 atom stereocenters. The summed E-state index contributed by atoms with van der Waals surface area (Å²) in [5.74, 6) is 0. The van der Waals surface area contributed by atoms with Gasteiger partial charge < -0.3 is 10.7 Å². The number of rotatable bonds is 3. The second-order valence-electron chi connectivity index (χ2n) is 7.07. The summed E-state index contributed by atoms with van der Waals surface area (Å²) in [6.45, 7) is 0.750. The highest BCUT2D eigenvalue weighted by Gasteiger charge is 2.33. The van der Waals surface area contributed by atoms with Crippen molar-refractivity contribution in [1.82, 2.24) is 14.3 Å². The molecule has 3 heterocycles. The highest BCUT2D eigenvalue weighted by Crippen LogP contribution is 2.35. The van der Waals surface area contributed by atoms with Crippen LogP contribution in [0.1, 0.15) is 18.5 Å². The first-order chi connectivity index (χ1) is 13.7. The zero-order chi connectivity index (χ0) is 20.8. The average molecular weight is 424 g/mol. The van der Waals surface area contributed by atoms with Crippen molar-refractivity contribution in [2.45, 2.75) is 30.0 Å². The van der Waals surface area contributed by atoms with E-state index < -0.39 is 21.9 Å². The van der Waals surface area contributed by atoms with Crippen LogP contribution in [0.2, 0.25) is 0 Å². The molecule has 0 amide bonds. The van der Waals surface area contributed by atoms with Gasteiger partial charge in [-0.05, 0) is 48.2 Å². The van der Waals surface area contributed by atoms with Crippen LogP contribution in [0.5, 0.6) is 0 Å². The third kappa shape index (κ3) is 3.75. The van der Waals surface area contributed by atoms with Gasteiger partial charge in [0.25, 0.3) is 0 Å². The van der Waals surface area contributed by atoms with Gasteiger partial charge in [0.05, 0.1) is 4.90 Å². The molecular weight excluding hydrogens is 405 g/mol. The molecule has 29 heavy (non-hydrogen) atoms. The molecule has 4 rings (SSSR count). The quantitative estimate of drug-likeness (QED) is 0.674. The molecule has 0 spiro atoms. The van der Waals surface area contributed by atoms with E-state index in [1.54, 1.807) is 18.2 Å². The second kappa shape index (κ2) is 7.12. The highest BCUT2D eigenvalue weighted by molar-refractivity contribution is 7.89. The van der Waals surface area contributed by atoms with Crippen LogP contribution in [0.15, 0.2) is 47.5 Å². The monoisotopic (exact) mass is 424 g/mol. The number of hydrogen-bond donors (Lipinski definition) is 2. The summed E-state index contributed by atoms with van der Waals surface area (Å²) in [7, 11) is -3.63. The normalized spacial score (nSPS) is 17.1. The minimum atomic E-state index is -4.51. The second-order valence-corrected chi connectivity index (χ2v) is 9.01. The number of hydrogen-bond acceptors (Lipinski definition) is 4. The highest BCUT2D eigenvalue weighted by atomic mass is 32.2. The van der Waals surface area contributed by atoms with Crippen molar-refractivity contribution in [3.8, 4) is 11.1 Å². The van der Waals surface area contributed by atoms with Crippen LogP contribution < -0.4 is 5.73 Å². The number of nitrogens with two attached hydrogens (primary N) is 1. The number of benzene rings is 1.